The third-order valence-corrected chi connectivity index (χ3v) is 4.10. The maximum Gasteiger partial charge on any atom is 0.236 e. The second kappa shape index (κ2) is 5.56. The minimum Gasteiger partial charge on any atom is -0.409 e. The van der Waals surface area contributed by atoms with Crippen molar-refractivity contribution in [3.8, 4) is 0 Å². The van der Waals surface area contributed by atoms with E-state index in [0.717, 1.165) is 6.54 Å². The van der Waals surface area contributed by atoms with E-state index in [4.69, 9.17) is 10.9 Å². The molecule has 1 aliphatic rings. The van der Waals surface area contributed by atoms with E-state index < -0.39 is 5.41 Å². The second-order valence-electron chi connectivity index (χ2n) is 5.25. The summed E-state index contributed by atoms with van der Waals surface area (Å²) in [7, 11) is 2.05. The molecule has 1 aliphatic heterocycles. The first-order valence-corrected chi connectivity index (χ1v) is 6.34. The van der Waals surface area contributed by atoms with E-state index in [9.17, 15) is 4.79 Å². The highest BCUT2D eigenvalue weighted by Crippen LogP contribution is 2.26. The van der Waals surface area contributed by atoms with Crippen molar-refractivity contribution in [1.82, 2.24) is 9.80 Å². The van der Waals surface area contributed by atoms with E-state index in [1.807, 2.05) is 11.8 Å². The van der Waals surface area contributed by atoms with Crippen LogP contribution in [-0.4, -0.2) is 59.5 Å². The first kappa shape index (κ1) is 14.8. The fourth-order valence-electron chi connectivity index (χ4n) is 2.13. The zero-order chi connectivity index (χ0) is 13.9. The minimum absolute atomic E-state index is 0.0124. The van der Waals surface area contributed by atoms with E-state index in [1.165, 1.54) is 0 Å². The van der Waals surface area contributed by atoms with Crippen LogP contribution in [0.25, 0.3) is 0 Å². The molecule has 1 heterocycles. The number of likely N-dealkylation sites (N-methyl/N-ethyl adjacent to an activating group) is 1. The topological polar surface area (TPSA) is 82.2 Å². The molecule has 0 saturated carbocycles. The number of amides is 1. The molecule has 1 fully saturated rings. The molecule has 2 unspecified atom stereocenters. The van der Waals surface area contributed by atoms with Crippen molar-refractivity contribution in [1.29, 1.82) is 0 Å². The summed E-state index contributed by atoms with van der Waals surface area (Å²) in [5.41, 5.74) is 4.76. The van der Waals surface area contributed by atoms with Crippen LogP contribution in [0.2, 0.25) is 0 Å². The number of rotatable bonds is 3. The van der Waals surface area contributed by atoms with Gasteiger partial charge in [0, 0.05) is 25.7 Å². The van der Waals surface area contributed by atoms with Gasteiger partial charge < -0.3 is 20.7 Å². The molecule has 6 nitrogen and oxygen atoms in total. The number of nitrogens with zero attached hydrogens (tertiary/aromatic N) is 3. The lowest BCUT2D eigenvalue weighted by Crippen LogP contribution is -2.57. The molecule has 3 N–H and O–H groups in total. The van der Waals surface area contributed by atoms with E-state index >= 15 is 0 Å². The molecule has 0 aromatic rings. The van der Waals surface area contributed by atoms with Crippen molar-refractivity contribution in [2.75, 3.05) is 26.7 Å². The highest BCUT2D eigenvalue weighted by Gasteiger charge is 2.40. The van der Waals surface area contributed by atoms with Crippen LogP contribution in [0.4, 0.5) is 0 Å². The molecule has 0 aliphatic carbocycles. The van der Waals surface area contributed by atoms with Crippen molar-refractivity contribution in [3.05, 3.63) is 0 Å². The fourth-order valence-corrected chi connectivity index (χ4v) is 2.13. The Morgan fingerprint density at radius 2 is 2.17 bits per heavy atom. The Hall–Kier alpha value is -1.30. The molecule has 0 aromatic heterocycles. The molecule has 0 bridgehead atoms. The number of piperazine rings is 1. The maximum atomic E-state index is 12.5. The lowest BCUT2D eigenvalue weighted by molar-refractivity contribution is -0.140. The molecule has 104 valence electrons. The van der Waals surface area contributed by atoms with Gasteiger partial charge in [-0.05, 0) is 27.3 Å². The minimum atomic E-state index is -0.912. The average molecular weight is 256 g/mol. The SMILES string of the molecule is CCC(C)(C(=O)N1CCN(C)C(C)C1)C(N)=NO. The van der Waals surface area contributed by atoms with Crippen LogP contribution in [0.1, 0.15) is 27.2 Å². The third-order valence-electron chi connectivity index (χ3n) is 4.10. The van der Waals surface area contributed by atoms with Crippen LogP contribution in [-0.2, 0) is 4.79 Å². The molecule has 0 aromatic carbocycles. The standard InChI is InChI=1S/C12H24N4O2/c1-5-12(3,10(13)14-18)11(17)16-7-6-15(4)9(2)8-16/h9,18H,5-8H2,1-4H3,(H2,13,14). The van der Waals surface area contributed by atoms with Crippen molar-refractivity contribution in [2.24, 2.45) is 16.3 Å². The molecule has 1 saturated heterocycles. The van der Waals surface area contributed by atoms with E-state index in [2.05, 4.69) is 24.0 Å². The predicted molar refractivity (Wildman–Crippen MR) is 70.5 cm³/mol. The number of amidine groups is 1. The smallest absolute Gasteiger partial charge is 0.236 e. The lowest BCUT2D eigenvalue weighted by atomic mass is 9.84. The summed E-state index contributed by atoms with van der Waals surface area (Å²) in [6.07, 6.45) is 0.516. The first-order valence-electron chi connectivity index (χ1n) is 6.34. The maximum absolute atomic E-state index is 12.5. The summed E-state index contributed by atoms with van der Waals surface area (Å²) in [5.74, 6) is -0.0677. The Morgan fingerprint density at radius 3 is 2.61 bits per heavy atom. The van der Waals surface area contributed by atoms with Crippen LogP contribution in [0.3, 0.4) is 0 Å². The zero-order valence-electron chi connectivity index (χ0n) is 11.7. The summed E-state index contributed by atoms with van der Waals surface area (Å²) in [6.45, 7) is 7.91. The van der Waals surface area contributed by atoms with Gasteiger partial charge in [-0.3, -0.25) is 4.79 Å². The number of nitrogens with two attached hydrogens (primary N) is 1. The number of hydrogen-bond donors (Lipinski definition) is 2. The number of oxime groups is 1. The van der Waals surface area contributed by atoms with Crippen LogP contribution in [0.5, 0.6) is 0 Å². The Labute approximate surface area is 108 Å². The number of carbonyl (C=O) groups is 1. The molecule has 0 radical (unpaired) electrons. The van der Waals surface area contributed by atoms with E-state index in [-0.39, 0.29) is 11.7 Å². The van der Waals surface area contributed by atoms with Crippen LogP contribution in [0.15, 0.2) is 5.16 Å². The van der Waals surface area contributed by atoms with Crippen molar-refractivity contribution in [2.45, 2.75) is 33.2 Å². The van der Waals surface area contributed by atoms with Crippen molar-refractivity contribution < 1.29 is 10.0 Å². The van der Waals surface area contributed by atoms with Gasteiger partial charge in [-0.1, -0.05) is 12.1 Å². The highest BCUT2D eigenvalue weighted by atomic mass is 16.4. The zero-order valence-corrected chi connectivity index (χ0v) is 11.7. The van der Waals surface area contributed by atoms with Crippen LogP contribution < -0.4 is 5.73 Å². The molecule has 18 heavy (non-hydrogen) atoms. The van der Waals surface area contributed by atoms with Gasteiger partial charge >= 0.3 is 0 Å². The summed E-state index contributed by atoms with van der Waals surface area (Å²) < 4.78 is 0. The molecule has 1 amide bonds. The molecule has 0 spiro atoms. The Bertz CT molecular complexity index is 345. The first-order chi connectivity index (χ1) is 8.36. The predicted octanol–water partition coefficient (Wildman–Crippen LogP) is 0.312. The lowest BCUT2D eigenvalue weighted by Gasteiger charge is -2.41. The highest BCUT2D eigenvalue weighted by molar-refractivity contribution is 6.06. The fraction of sp³-hybridized carbons (Fsp3) is 0.833. The summed E-state index contributed by atoms with van der Waals surface area (Å²) in [4.78, 5) is 16.6. The average Bonchev–Trinajstić information content (AvgIpc) is 2.39. The molecule has 2 atom stereocenters. The van der Waals surface area contributed by atoms with Gasteiger partial charge in [-0.2, -0.15) is 0 Å². The van der Waals surface area contributed by atoms with Gasteiger partial charge in [0.2, 0.25) is 5.91 Å². The van der Waals surface area contributed by atoms with Gasteiger partial charge in [0.1, 0.15) is 5.41 Å². The van der Waals surface area contributed by atoms with Gasteiger partial charge in [0.25, 0.3) is 0 Å². The third kappa shape index (κ3) is 2.58. The van der Waals surface area contributed by atoms with Gasteiger partial charge in [-0.15, -0.1) is 0 Å². The van der Waals surface area contributed by atoms with Gasteiger partial charge in [0.05, 0.1) is 0 Å². The van der Waals surface area contributed by atoms with Crippen molar-refractivity contribution >= 4 is 11.7 Å². The number of hydrogen-bond acceptors (Lipinski definition) is 4. The molecular formula is C12H24N4O2. The van der Waals surface area contributed by atoms with Crippen LogP contribution in [0, 0.1) is 5.41 Å². The molecule has 1 rings (SSSR count). The second-order valence-corrected chi connectivity index (χ2v) is 5.25. The Balaban J connectivity index is 2.86. The molecular weight excluding hydrogens is 232 g/mol. The largest absolute Gasteiger partial charge is 0.409 e. The monoisotopic (exact) mass is 256 g/mol. The molecule has 6 heteroatoms. The van der Waals surface area contributed by atoms with Gasteiger partial charge in [0.15, 0.2) is 5.84 Å². The van der Waals surface area contributed by atoms with Crippen molar-refractivity contribution in [3.63, 3.8) is 0 Å². The quantitative estimate of drug-likeness (QED) is 0.329. The van der Waals surface area contributed by atoms with Gasteiger partial charge in [-0.25, -0.2) is 0 Å². The summed E-state index contributed by atoms with van der Waals surface area (Å²) >= 11 is 0. The van der Waals surface area contributed by atoms with E-state index in [1.54, 1.807) is 6.92 Å². The normalized spacial score (nSPS) is 25.9. The summed E-state index contributed by atoms with van der Waals surface area (Å²) in [6, 6.07) is 0.330. The Kier molecular flexibility index (Phi) is 4.56. The van der Waals surface area contributed by atoms with E-state index in [0.29, 0.717) is 25.6 Å². The summed E-state index contributed by atoms with van der Waals surface area (Å²) in [5, 5.41) is 11.8. The van der Waals surface area contributed by atoms with Crippen LogP contribution >= 0.6 is 0 Å². The Morgan fingerprint density at radius 1 is 1.56 bits per heavy atom. The number of carbonyl (C=O) groups excluding carboxylic acids is 1.